The lowest BCUT2D eigenvalue weighted by molar-refractivity contribution is -0.171. The molecule has 0 unspecified atom stereocenters. The van der Waals surface area contributed by atoms with Crippen molar-refractivity contribution in [1.29, 1.82) is 0 Å². The van der Waals surface area contributed by atoms with Gasteiger partial charge in [0, 0.05) is 42.7 Å². The molecular formula is C24H30N2O5. The van der Waals surface area contributed by atoms with Crippen LogP contribution in [0.5, 0.6) is 5.75 Å². The maximum absolute atomic E-state index is 12.8. The molecule has 2 aromatic rings. The van der Waals surface area contributed by atoms with Gasteiger partial charge in [0.15, 0.2) is 0 Å². The number of hydrogen-bond acceptors (Lipinski definition) is 6. The zero-order chi connectivity index (χ0) is 21.7. The fraction of sp³-hybridized carbons (Fsp3) is 0.583. The van der Waals surface area contributed by atoms with E-state index in [0.717, 1.165) is 50.0 Å². The first kappa shape index (κ1) is 20.4. The minimum Gasteiger partial charge on any atom is -0.497 e. The van der Waals surface area contributed by atoms with Crippen LogP contribution in [0, 0.1) is 17.8 Å². The molecule has 2 aliphatic heterocycles. The van der Waals surface area contributed by atoms with Crippen molar-refractivity contribution in [3.05, 3.63) is 29.5 Å². The molecule has 0 radical (unpaired) electrons. The van der Waals surface area contributed by atoms with E-state index in [4.69, 9.17) is 14.2 Å². The van der Waals surface area contributed by atoms with E-state index in [1.54, 1.807) is 7.11 Å². The number of piperidine rings is 1. The van der Waals surface area contributed by atoms with E-state index in [1.807, 2.05) is 6.07 Å². The number of aromatic nitrogens is 1. The third-order valence-corrected chi connectivity index (χ3v) is 7.61. The number of fused-ring (bicyclic) bond motifs is 6. The number of rotatable bonds is 3. The highest BCUT2D eigenvalue weighted by atomic mass is 16.6. The molecule has 3 aliphatic rings. The molecule has 1 N–H and O–H groups in total. The number of nitrogens with zero attached hydrogens (tertiary/aromatic N) is 1. The molecule has 1 saturated carbocycles. The minimum absolute atomic E-state index is 0.138. The Labute approximate surface area is 182 Å². The predicted octanol–water partition coefficient (Wildman–Crippen LogP) is 3.23. The average molecular weight is 427 g/mol. The highest BCUT2D eigenvalue weighted by Gasteiger charge is 2.51. The zero-order valence-corrected chi connectivity index (χ0v) is 18.3. The number of carbonyl (C=O) groups excluding carboxylic acids is 2. The number of methoxy groups -OCH3 is 2. The molecule has 5 atom stereocenters. The molecule has 1 aliphatic carbocycles. The zero-order valence-electron chi connectivity index (χ0n) is 18.3. The lowest BCUT2D eigenvalue weighted by Gasteiger charge is -2.51. The number of hydrogen-bond donors (Lipinski definition) is 1. The van der Waals surface area contributed by atoms with Crippen LogP contribution in [-0.2, 0) is 25.5 Å². The van der Waals surface area contributed by atoms with E-state index in [9.17, 15) is 9.59 Å². The third-order valence-electron chi connectivity index (χ3n) is 7.61. The van der Waals surface area contributed by atoms with Crippen molar-refractivity contribution in [3.63, 3.8) is 0 Å². The smallest absolute Gasteiger partial charge is 0.312 e. The van der Waals surface area contributed by atoms with Gasteiger partial charge in [0.25, 0.3) is 0 Å². The van der Waals surface area contributed by atoms with Gasteiger partial charge in [-0.3, -0.25) is 14.5 Å². The summed E-state index contributed by atoms with van der Waals surface area (Å²) in [5.74, 6) is 0.404. The van der Waals surface area contributed by atoms with Gasteiger partial charge >= 0.3 is 11.9 Å². The van der Waals surface area contributed by atoms with Crippen molar-refractivity contribution >= 4 is 22.8 Å². The van der Waals surface area contributed by atoms with Crippen LogP contribution in [0.1, 0.15) is 43.5 Å². The Kier molecular flexibility index (Phi) is 5.16. The molecular weight excluding hydrogens is 396 g/mol. The summed E-state index contributed by atoms with van der Waals surface area (Å²) >= 11 is 0. The number of carbonyl (C=O) groups is 2. The summed E-state index contributed by atoms with van der Waals surface area (Å²) in [6, 6.07) is 6.43. The first-order valence-electron chi connectivity index (χ1n) is 11.2. The quantitative estimate of drug-likeness (QED) is 0.759. The van der Waals surface area contributed by atoms with Gasteiger partial charge < -0.3 is 19.2 Å². The Bertz CT molecular complexity index is 1010. The second-order valence-corrected chi connectivity index (χ2v) is 9.12. The highest BCUT2D eigenvalue weighted by molar-refractivity contribution is 5.86. The first-order valence-corrected chi connectivity index (χ1v) is 11.2. The van der Waals surface area contributed by atoms with E-state index in [0.29, 0.717) is 5.92 Å². The minimum atomic E-state index is -0.398. The van der Waals surface area contributed by atoms with Gasteiger partial charge in [-0.05, 0) is 55.2 Å². The molecule has 0 amide bonds. The molecule has 1 saturated heterocycles. The maximum atomic E-state index is 12.8. The molecule has 166 valence electrons. The van der Waals surface area contributed by atoms with E-state index >= 15 is 0 Å². The second-order valence-electron chi connectivity index (χ2n) is 9.12. The van der Waals surface area contributed by atoms with Crippen molar-refractivity contribution in [2.24, 2.45) is 17.8 Å². The van der Waals surface area contributed by atoms with Crippen LogP contribution in [0.4, 0.5) is 0 Å². The highest BCUT2D eigenvalue weighted by Crippen LogP contribution is 2.50. The van der Waals surface area contributed by atoms with Crippen LogP contribution in [0.15, 0.2) is 18.2 Å². The monoisotopic (exact) mass is 426 g/mol. The van der Waals surface area contributed by atoms with Crippen LogP contribution in [-0.4, -0.2) is 55.2 Å². The number of aromatic amines is 1. The summed E-state index contributed by atoms with van der Waals surface area (Å²) in [5, 5.41) is 1.25. The SMILES string of the molecule is COC(=O)[C@@H]1[C@H]2C[C@@H]3c4[nH]c5cc(OC)ccc5c4CCN3C[C@@H]2CC[C@@H]1OC(C)=O. The number of ether oxygens (including phenoxy) is 3. The Hall–Kier alpha value is -2.54. The average Bonchev–Trinajstić information content (AvgIpc) is 3.15. The number of benzene rings is 1. The summed E-state index contributed by atoms with van der Waals surface area (Å²) in [6.07, 6.45) is 3.17. The largest absolute Gasteiger partial charge is 0.497 e. The fourth-order valence-corrected chi connectivity index (χ4v) is 6.29. The molecule has 7 heteroatoms. The van der Waals surface area contributed by atoms with Crippen molar-refractivity contribution in [2.45, 2.75) is 44.8 Å². The van der Waals surface area contributed by atoms with Gasteiger partial charge in [0.2, 0.25) is 0 Å². The molecule has 0 spiro atoms. The molecule has 31 heavy (non-hydrogen) atoms. The molecule has 1 aromatic heterocycles. The van der Waals surface area contributed by atoms with E-state index in [1.165, 1.54) is 30.7 Å². The molecule has 3 heterocycles. The van der Waals surface area contributed by atoms with Crippen LogP contribution in [0.3, 0.4) is 0 Å². The second kappa shape index (κ2) is 7.86. The lowest BCUT2D eigenvalue weighted by atomic mass is 9.64. The van der Waals surface area contributed by atoms with Gasteiger partial charge in [0.1, 0.15) is 11.9 Å². The molecule has 5 rings (SSSR count). The lowest BCUT2D eigenvalue weighted by Crippen LogP contribution is -2.54. The van der Waals surface area contributed by atoms with E-state index in [-0.39, 0.29) is 23.9 Å². The van der Waals surface area contributed by atoms with Gasteiger partial charge in [-0.1, -0.05) is 0 Å². The van der Waals surface area contributed by atoms with Crippen molar-refractivity contribution < 1.29 is 23.8 Å². The van der Waals surface area contributed by atoms with Crippen molar-refractivity contribution in [1.82, 2.24) is 9.88 Å². The van der Waals surface area contributed by atoms with Crippen LogP contribution >= 0.6 is 0 Å². The predicted molar refractivity (Wildman–Crippen MR) is 115 cm³/mol. The Balaban J connectivity index is 1.49. The fourth-order valence-electron chi connectivity index (χ4n) is 6.29. The van der Waals surface area contributed by atoms with E-state index in [2.05, 4.69) is 22.0 Å². The summed E-state index contributed by atoms with van der Waals surface area (Å²) in [4.78, 5) is 30.7. The maximum Gasteiger partial charge on any atom is 0.312 e. The Morgan fingerprint density at radius 2 is 2.03 bits per heavy atom. The number of H-pyrrole nitrogens is 1. The normalized spacial score (nSPS) is 30.1. The van der Waals surface area contributed by atoms with Gasteiger partial charge in [-0.15, -0.1) is 0 Å². The van der Waals surface area contributed by atoms with Gasteiger partial charge in [-0.25, -0.2) is 0 Å². The molecule has 7 nitrogen and oxygen atoms in total. The summed E-state index contributed by atoms with van der Waals surface area (Å²) in [7, 11) is 3.11. The van der Waals surface area contributed by atoms with Gasteiger partial charge in [-0.2, -0.15) is 0 Å². The standard InChI is InChI=1S/C24H30N2O5/c1-13(27)31-21-7-4-14-12-26-9-8-17-16-6-5-15(29-2)10-19(16)25-23(17)20(26)11-18(14)22(21)24(28)30-3/h5-6,10,14,18,20-22,25H,4,7-9,11-12H2,1-3H3/t14-,18-,20+,21-,22+/m0/s1. The summed E-state index contributed by atoms with van der Waals surface area (Å²) in [5.41, 5.74) is 3.73. The van der Waals surface area contributed by atoms with Crippen molar-refractivity contribution in [3.8, 4) is 5.75 Å². The first-order chi connectivity index (χ1) is 15.0. The number of nitrogens with one attached hydrogen (secondary N) is 1. The topological polar surface area (TPSA) is 80.9 Å². The van der Waals surface area contributed by atoms with Crippen molar-refractivity contribution in [2.75, 3.05) is 27.3 Å². The van der Waals surface area contributed by atoms with E-state index < -0.39 is 12.0 Å². The van der Waals surface area contributed by atoms with Crippen LogP contribution in [0.25, 0.3) is 10.9 Å². The Morgan fingerprint density at radius 1 is 1.19 bits per heavy atom. The summed E-state index contributed by atoms with van der Waals surface area (Å²) in [6.45, 7) is 3.40. The number of esters is 2. The summed E-state index contributed by atoms with van der Waals surface area (Å²) < 4.78 is 16.1. The molecule has 2 fully saturated rings. The molecule has 1 aromatic carbocycles. The third kappa shape index (κ3) is 3.39. The van der Waals surface area contributed by atoms with Crippen LogP contribution < -0.4 is 4.74 Å². The van der Waals surface area contributed by atoms with Crippen LogP contribution in [0.2, 0.25) is 0 Å². The van der Waals surface area contributed by atoms with Gasteiger partial charge in [0.05, 0.1) is 26.2 Å². The molecule has 0 bridgehead atoms. The Morgan fingerprint density at radius 3 is 2.77 bits per heavy atom.